The third-order valence-electron chi connectivity index (χ3n) is 1.50. The molecule has 0 aromatic carbocycles. The molecule has 10 heavy (non-hydrogen) atoms. The first-order chi connectivity index (χ1) is 4.50. The van der Waals surface area contributed by atoms with Gasteiger partial charge in [-0.1, -0.05) is 0 Å². The van der Waals surface area contributed by atoms with Crippen molar-refractivity contribution in [1.82, 2.24) is 5.32 Å². The Kier molecular flexibility index (Phi) is 1.87. The van der Waals surface area contributed by atoms with Crippen LogP contribution in [0.25, 0.3) is 0 Å². The van der Waals surface area contributed by atoms with E-state index in [-0.39, 0.29) is 13.0 Å². The third kappa shape index (κ3) is 1.60. The quantitative estimate of drug-likeness (QED) is 0.526. The molecule has 60 valence electrons. The van der Waals surface area contributed by atoms with Crippen LogP contribution in [0.2, 0.25) is 0 Å². The van der Waals surface area contributed by atoms with Crippen LogP contribution < -0.4 is 5.32 Å². The van der Waals surface area contributed by atoms with Gasteiger partial charge in [0.05, 0.1) is 6.10 Å². The second kappa shape index (κ2) is 2.39. The zero-order chi connectivity index (χ0) is 7.78. The Labute approximate surface area is 56.0 Å². The molecule has 0 aliphatic carbocycles. The van der Waals surface area contributed by atoms with Crippen LogP contribution in [0, 0.1) is 0 Å². The molecule has 1 fully saturated rings. The van der Waals surface area contributed by atoms with E-state index in [9.17, 15) is 13.2 Å². The maximum atomic E-state index is 11.8. The smallest absolute Gasteiger partial charge is 0.392 e. The highest BCUT2D eigenvalue weighted by Crippen LogP contribution is 2.26. The first-order valence-corrected chi connectivity index (χ1v) is 2.98. The minimum atomic E-state index is -4.21. The lowest BCUT2D eigenvalue weighted by molar-refractivity contribution is -0.153. The number of alkyl halides is 3. The minimum absolute atomic E-state index is 0.0458. The number of aliphatic hydroxyl groups excluding tert-OH is 1. The van der Waals surface area contributed by atoms with Gasteiger partial charge in [0.1, 0.15) is 6.04 Å². The Morgan fingerprint density at radius 2 is 2.00 bits per heavy atom. The highest BCUT2D eigenvalue weighted by atomic mass is 19.4. The average molecular weight is 155 g/mol. The van der Waals surface area contributed by atoms with Crippen LogP contribution in [0.5, 0.6) is 0 Å². The first kappa shape index (κ1) is 7.81. The third-order valence-corrected chi connectivity index (χ3v) is 1.50. The van der Waals surface area contributed by atoms with Crippen molar-refractivity contribution >= 4 is 0 Å². The van der Waals surface area contributed by atoms with E-state index in [1.807, 2.05) is 0 Å². The molecule has 0 spiro atoms. The SMILES string of the molecule is O[C@@H]1CN[C@H](C(F)(F)F)C1. The molecule has 0 unspecified atom stereocenters. The molecular formula is C5H8F3NO. The average Bonchev–Trinajstić information content (AvgIpc) is 2.11. The monoisotopic (exact) mass is 155 g/mol. The lowest BCUT2D eigenvalue weighted by atomic mass is 10.2. The predicted octanol–water partition coefficient (Wildman–Crippen LogP) is 0.272. The van der Waals surface area contributed by atoms with Gasteiger partial charge < -0.3 is 10.4 Å². The van der Waals surface area contributed by atoms with Crippen molar-refractivity contribution in [1.29, 1.82) is 0 Å². The van der Waals surface area contributed by atoms with Crippen LogP contribution >= 0.6 is 0 Å². The molecule has 0 saturated carbocycles. The van der Waals surface area contributed by atoms with Crippen LogP contribution in [0.15, 0.2) is 0 Å². The zero-order valence-corrected chi connectivity index (χ0v) is 5.15. The van der Waals surface area contributed by atoms with Crippen LogP contribution in [-0.4, -0.2) is 30.0 Å². The van der Waals surface area contributed by atoms with Crippen LogP contribution in [0.1, 0.15) is 6.42 Å². The number of hydrogen-bond donors (Lipinski definition) is 2. The van der Waals surface area contributed by atoms with Gasteiger partial charge >= 0.3 is 6.18 Å². The number of halogens is 3. The number of nitrogens with one attached hydrogen (secondary N) is 1. The Morgan fingerprint density at radius 1 is 1.40 bits per heavy atom. The fourth-order valence-corrected chi connectivity index (χ4v) is 0.966. The van der Waals surface area contributed by atoms with Gasteiger partial charge in [-0.3, -0.25) is 0 Å². The number of rotatable bonds is 0. The van der Waals surface area contributed by atoms with E-state index < -0.39 is 18.3 Å². The predicted molar refractivity (Wildman–Crippen MR) is 28.5 cm³/mol. The van der Waals surface area contributed by atoms with E-state index in [2.05, 4.69) is 5.32 Å². The largest absolute Gasteiger partial charge is 0.403 e. The van der Waals surface area contributed by atoms with E-state index >= 15 is 0 Å². The molecule has 1 aliphatic rings. The summed E-state index contributed by atoms with van der Waals surface area (Å²) < 4.78 is 35.3. The van der Waals surface area contributed by atoms with Gasteiger partial charge in [0.15, 0.2) is 0 Å². The van der Waals surface area contributed by atoms with Crippen molar-refractivity contribution in [3.05, 3.63) is 0 Å². The van der Waals surface area contributed by atoms with Crippen molar-refractivity contribution in [3.8, 4) is 0 Å². The molecule has 0 amide bonds. The molecule has 0 aromatic rings. The molecule has 1 rings (SSSR count). The lowest BCUT2D eigenvalue weighted by Crippen LogP contribution is -2.36. The summed E-state index contributed by atoms with van der Waals surface area (Å²) in [6, 6.07) is -1.51. The fourth-order valence-electron chi connectivity index (χ4n) is 0.966. The van der Waals surface area contributed by atoms with E-state index in [4.69, 9.17) is 5.11 Å². The molecule has 2 atom stereocenters. The van der Waals surface area contributed by atoms with Crippen molar-refractivity contribution in [2.24, 2.45) is 0 Å². The number of hydrogen-bond acceptors (Lipinski definition) is 2. The van der Waals surface area contributed by atoms with Crippen molar-refractivity contribution in [2.75, 3.05) is 6.54 Å². The van der Waals surface area contributed by atoms with Gasteiger partial charge in [-0.15, -0.1) is 0 Å². The fraction of sp³-hybridized carbons (Fsp3) is 1.00. The first-order valence-electron chi connectivity index (χ1n) is 2.98. The standard InChI is InChI=1S/C5H8F3NO/c6-5(7,8)4-1-3(10)2-9-4/h3-4,9-10H,1-2H2/t3-,4-/m0/s1. The van der Waals surface area contributed by atoms with Gasteiger partial charge in [0.2, 0.25) is 0 Å². The van der Waals surface area contributed by atoms with Crippen LogP contribution in [0.3, 0.4) is 0 Å². The van der Waals surface area contributed by atoms with Gasteiger partial charge in [0.25, 0.3) is 0 Å². The van der Waals surface area contributed by atoms with Gasteiger partial charge in [-0.25, -0.2) is 0 Å². The summed E-state index contributed by atoms with van der Waals surface area (Å²) >= 11 is 0. The molecule has 5 heteroatoms. The second-order valence-electron chi connectivity index (χ2n) is 2.39. The molecule has 1 aliphatic heterocycles. The molecule has 0 radical (unpaired) electrons. The molecule has 0 aromatic heterocycles. The minimum Gasteiger partial charge on any atom is -0.392 e. The van der Waals surface area contributed by atoms with Crippen LogP contribution in [-0.2, 0) is 0 Å². The van der Waals surface area contributed by atoms with E-state index in [0.717, 1.165) is 0 Å². The molecule has 2 nitrogen and oxygen atoms in total. The topological polar surface area (TPSA) is 32.3 Å². The summed E-state index contributed by atoms with van der Waals surface area (Å²) in [7, 11) is 0. The van der Waals surface area contributed by atoms with Gasteiger partial charge in [-0.05, 0) is 6.42 Å². The van der Waals surface area contributed by atoms with E-state index in [1.54, 1.807) is 0 Å². The molecule has 1 heterocycles. The summed E-state index contributed by atoms with van der Waals surface area (Å²) in [5, 5.41) is 10.9. The summed E-state index contributed by atoms with van der Waals surface area (Å²) in [5.74, 6) is 0. The Hall–Kier alpha value is -0.290. The summed E-state index contributed by atoms with van der Waals surface area (Å²) in [6.07, 6.45) is -5.27. The molecule has 1 saturated heterocycles. The van der Waals surface area contributed by atoms with Crippen molar-refractivity contribution in [3.63, 3.8) is 0 Å². The summed E-state index contributed by atoms with van der Waals surface area (Å²) in [5.41, 5.74) is 0. The van der Waals surface area contributed by atoms with Gasteiger partial charge in [0, 0.05) is 6.54 Å². The summed E-state index contributed by atoms with van der Waals surface area (Å²) in [6.45, 7) is 0.0458. The summed E-state index contributed by atoms with van der Waals surface area (Å²) in [4.78, 5) is 0. The highest BCUT2D eigenvalue weighted by Gasteiger charge is 2.43. The Bertz CT molecular complexity index is 125. The van der Waals surface area contributed by atoms with E-state index in [0.29, 0.717) is 0 Å². The van der Waals surface area contributed by atoms with Crippen molar-refractivity contribution < 1.29 is 18.3 Å². The van der Waals surface area contributed by atoms with Crippen molar-refractivity contribution in [2.45, 2.75) is 24.7 Å². The van der Waals surface area contributed by atoms with Crippen LogP contribution in [0.4, 0.5) is 13.2 Å². The normalized spacial score (nSPS) is 34.8. The Morgan fingerprint density at radius 3 is 2.20 bits per heavy atom. The highest BCUT2D eigenvalue weighted by molar-refractivity contribution is 4.85. The second-order valence-corrected chi connectivity index (χ2v) is 2.39. The Balaban J connectivity index is 2.45. The molecule has 2 N–H and O–H groups in total. The lowest BCUT2D eigenvalue weighted by Gasteiger charge is -2.13. The maximum absolute atomic E-state index is 11.8. The van der Waals surface area contributed by atoms with Gasteiger partial charge in [-0.2, -0.15) is 13.2 Å². The molecular weight excluding hydrogens is 147 g/mol. The number of β-amino-alcohol motifs (C(OH)–C–C–N with tert-alkyl or cyclic N) is 1. The maximum Gasteiger partial charge on any atom is 0.403 e. The van der Waals surface area contributed by atoms with E-state index in [1.165, 1.54) is 0 Å². The molecule has 0 bridgehead atoms. The number of aliphatic hydroxyl groups is 1. The zero-order valence-electron chi connectivity index (χ0n) is 5.15.